The van der Waals surface area contributed by atoms with Crippen molar-refractivity contribution in [2.24, 2.45) is 11.8 Å². The minimum Gasteiger partial charge on any atom is -0.443 e. The summed E-state index contributed by atoms with van der Waals surface area (Å²) < 4.78 is 17.9. The van der Waals surface area contributed by atoms with E-state index in [0.29, 0.717) is 22.3 Å². The highest BCUT2D eigenvalue weighted by molar-refractivity contribution is 7.21. The third-order valence-corrected chi connectivity index (χ3v) is 8.34. The molecule has 1 amide bonds. The zero-order valence-electron chi connectivity index (χ0n) is 25.6. The first-order valence-corrected chi connectivity index (χ1v) is 15.3. The van der Waals surface area contributed by atoms with Gasteiger partial charge in [0.15, 0.2) is 0 Å². The van der Waals surface area contributed by atoms with Crippen LogP contribution in [0.15, 0.2) is 24.3 Å². The van der Waals surface area contributed by atoms with Crippen LogP contribution >= 0.6 is 22.9 Å². The molecule has 0 aliphatic heterocycles. The van der Waals surface area contributed by atoms with E-state index in [2.05, 4.69) is 24.1 Å². The Morgan fingerprint density at radius 1 is 1.07 bits per heavy atom. The van der Waals surface area contributed by atoms with Crippen LogP contribution in [-0.4, -0.2) is 57.6 Å². The maximum absolute atomic E-state index is 12.9. The summed E-state index contributed by atoms with van der Waals surface area (Å²) in [7, 11) is 1.53. The first-order valence-electron chi connectivity index (χ1n) is 14.1. The van der Waals surface area contributed by atoms with Crippen molar-refractivity contribution >= 4 is 57.2 Å². The van der Waals surface area contributed by atoms with Crippen LogP contribution in [0.4, 0.5) is 21.4 Å². The molecule has 0 radical (unpaired) electrons. The molecule has 0 bridgehead atoms. The number of nitrogens with one attached hydrogen (secondary N) is 1. The number of carbonyl (C=O) groups is 2. The lowest BCUT2D eigenvalue weighted by molar-refractivity contribution is -0.0366. The van der Waals surface area contributed by atoms with Gasteiger partial charge in [-0.3, -0.25) is 0 Å². The molecule has 228 valence electrons. The maximum Gasteiger partial charge on any atom is 0.509 e. The monoisotopic (exact) mass is 617 g/mol. The van der Waals surface area contributed by atoms with E-state index in [1.54, 1.807) is 41.5 Å². The summed E-state index contributed by atoms with van der Waals surface area (Å²) >= 11 is 8.30. The summed E-state index contributed by atoms with van der Waals surface area (Å²) in [5.41, 5.74) is -0.0738. The molecule has 1 fully saturated rings. The number of fused-ring (bicyclic) bond motifs is 1. The lowest BCUT2D eigenvalue weighted by Gasteiger charge is -2.28. The molecule has 4 atom stereocenters. The van der Waals surface area contributed by atoms with E-state index in [0.717, 1.165) is 23.1 Å². The number of ether oxygens (including phenoxy) is 3. The average molecular weight is 618 g/mol. The number of rotatable bonds is 6. The van der Waals surface area contributed by atoms with Gasteiger partial charge in [-0.2, -0.15) is 9.97 Å². The Morgan fingerprint density at radius 2 is 1.74 bits per heavy atom. The standard InChI is InChI=1S/C30H40ClN5O5S/c1-10-17-15-19(22(16(17)2)39-28(38)41-30(6,7)8)32-24-21(25-33-18-13-11-12-14-20(18)42-25)23(31)34-26(35-24)36(9)27(37)40-29(3,4)5/h11-14,16-17,19,22H,10,15H2,1-9H3,(H,32,34,35)/t16-,17+,19-,22?/m1/s1. The highest BCUT2D eigenvalue weighted by Crippen LogP contribution is 2.42. The molecule has 1 N–H and O–H groups in total. The number of para-hydroxylation sites is 1. The molecule has 1 aliphatic carbocycles. The highest BCUT2D eigenvalue weighted by Gasteiger charge is 2.44. The van der Waals surface area contributed by atoms with Crippen LogP contribution in [0.5, 0.6) is 0 Å². The average Bonchev–Trinajstić information content (AvgIpc) is 3.42. The van der Waals surface area contributed by atoms with Crippen molar-refractivity contribution in [3.8, 4) is 10.6 Å². The molecule has 1 saturated carbocycles. The number of thiazole rings is 1. The molecule has 0 spiro atoms. The number of anilines is 2. The molecule has 1 unspecified atom stereocenters. The van der Waals surface area contributed by atoms with Gasteiger partial charge < -0.3 is 19.5 Å². The van der Waals surface area contributed by atoms with E-state index in [9.17, 15) is 9.59 Å². The van der Waals surface area contributed by atoms with E-state index >= 15 is 0 Å². The van der Waals surface area contributed by atoms with Crippen molar-refractivity contribution in [2.45, 2.75) is 91.6 Å². The molecule has 1 aliphatic rings. The summed E-state index contributed by atoms with van der Waals surface area (Å²) in [4.78, 5) is 40.9. The third kappa shape index (κ3) is 7.42. The van der Waals surface area contributed by atoms with Gasteiger partial charge in [-0.25, -0.2) is 19.5 Å². The van der Waals surface area contributed by atoms with Gasteiger partial charge in [0.2, 0.25) is 5.95 Å². The van der Waals surface area contributed by atoms with Gasteiger partial charge in [-0.15, -0.1) is 11.3 Å². The van der Waals surface area contributed by atoms with Gasteiger partial charge in [-0.1, -0.05) is 44.0 Å². The van der Waals surface area contributed by atoms with Crippen LogP contribution in [0.2, 0.25) is 5.15 Å². The number of amides is 1. The second kappa shape index (κ2) is 12.2. The molecule has 1 aromatic carbocycles. The highest BCUT2D eigenvalue weighted by atomic mass is 35.5. The predicted molar refractivity (Wildman–Crippen MR) is 166 cm³/mol. The Labute approximate surface area is 256 Å². The molecular weight excluding hydrogens is 578 g/mol. The first-order chi connectivity index (χ1) is 19.6. The molecule has 0 saturated heterocycles. The second-order valence-electron chi connectivity index (χ2n) is 12.6. The van der Waals surface area contributed by atoms with Crippen molar-refractivity contribution < 1.29 is 23.8 Å². The van der Waals surface area contributed by atoms with E-state index in [-0.39, 0.29) is 23.1 Å². The number of carbonyl (C=O) groups excluding carboxylic acids is 2. The number of hydrogen-bond donors (Lipinski definition) is 1. The van der Waals surface area contributed by atoms with Crippen LogP contribution in [0.25, 0.3) is 20.8 Å². The van der Waals surface area contributed by atoms with E-state index in [1.807, 2.05) is 24.3 Å². The molecule has 42 heavy (non-hydrogen) atoms. The number of aromatic nitrogens is 3. The summed E-state index contributed by atoms with van der Waals surface area (Å²) in [6.45, 7) is 14.9. The van der Waals surface area contributed by atoms with Crippen LogP contribution < -0.4 is 10.2 Å². The molecular formula is C30H40ClN5O5S. The van der Waals surface area contributed by atoms with Gasteiger partial charge in [-0.05, 0) is 71.9 Å². The minimum atomic E-state index is -0.722. The Bertz CT molecular complexity index is 1420. The van der Waals surface area contributed by atoms with E-state index in [1.165, 1.54) is 23.3 Å². The van der Waals surface area contributed by atoms with Crippen molar-refractivity contribution in [2.75, 3.05) is 17.3 Å². The quantitative estimate of drug-likeness (QED) is 0.217. The molecule has 2 heterocycles. The fraction of sp³-hybridized carbons (Fsp3) is 0.567. The van der Waals surface area contributed by atoms with Crippen molar-refractivity contribution in [3.05, 3.63) is 29.4 Å². The number of nitrogens with zero attached hydrogens (tertiary/aromatic N) is 4. The Morgan fingerprint density at radius 3 is 2.36 bits per heavy atom. The molecule has 10 nitrogen and oxygen atoms in total. The van der Waals surface area contributed by atoms with Crippen molar-refractivity contribution in [3.63, 3.8) is 0 Å². The number of benzene rings is 1. The largest absolute Gasteiger partial charge is 0.509 e. The lowest BCUT2D eigenvalue weighted by Crippen LogP contribution is -2.38. The van der Waals surface area contributed by atoms with Gasteiger partial charge >= 0.3 is 12.2 Å². The van der Waals surface area contributed by atoms with Crippen molar-refractivity contribution in [1.29, 1.82) is 0 Å². The molecule has 3 aromatic rings. The van der Waals surface area contributed by atoms with Crippen LogP contribution in [0.3, 0.4) is 0 Å². The van der Waals surface area contributed by atoms with Gasteiger partial charge in [0.05, 0.1) is 21.8 Å². The molecule has 12 heteroatoms. The smallest absolute Gasteiger partial charge is 0.443 e. The fourth-order valence-electron chi connectivity index (χ4n) is 5.00. The lowest BCUT2D eigenvalue weighted by atomic mass is 9.95. The summed E-state index contributed by atoms with van der Waals surface area (Å²) in [6.07, 6.45) is -0.198. The van der Waals surface area contributed by atoms with Gasteiger partial charge in [0.1, 0.15) is 33.3 Å². The van der Waals surface area contributed by atoms with Gasteiger partial charge in [0.25, 0.3) is 0 Å². The SMILES string of the molecule is CC[C@H]1C[C@@H](Nc2nc(N(C)C(=O)OC(C)(C)C)nc(Cl)c2-c2nc3ccccc3s2)C(OC(=O)OC(C)(C)C)[C@@H]1C. The Kier molecular flexibility index (Phi) is 9.22. The third-order valence-electron chi connectivity index (χ3n) is 7.01. The summed E-state index contributed by atoms with van der Waals surface area (Å²) in [5.74, 6) is 0.796. The zero-order chi connectivity index (χ0) is 31.0. The topological polar surface area (TPSA) is 116 Å². The maximum atomic E-state index is 12.9. The fourth-order valence-corrected chi connectivity index (χ4v) is 6.32. The van der Waals surface area contributed by atoms with E-state index < -0.39 is 29.6 Å². The molecule has 2 aromatic heterocycles. The first kappa shape index (κ1) is 31.7. The van der Waals surface area contributed by atoms with Crippen LogP contribution in [0.1, 0.15) is 68.2 Å². The number of halogens is 1. The normalized spacial score (nSPS) is 20.8. The van der Waals surface area contributed by atoms with Crippen molar-refractivity contribution in [1.82, 2.24) is 15.0 Å². The Balaban J connectivity index is 1.76. The predicted octanol–water partition coefficient (Wildman–Crippen LogP) is 7.94. The van der Waals surface area contributed by atoms with Gasteiger partial charge in [0, 0.05) is 7.05 Å². The second-order valence-corrected chi connectivity index (χ2v) is 14.0. The summed E-state index contributed by atoms with van der Waals surface area (Å²) in [6, 6.07) is 7.47. The minimum absolute atomic E-state index is 0.0595. The molecule has 4 rings (SSSR count). The van der Waals surface area contributed by atoms with Crippen LogP contribution in [0, 0.1) is 11.8 Å². The number of hydrogen-bond acceptors (Lipinski definition) is 10. The summed E-state index contributed by atoms with van der Waals surface area (Å²) in [5, 5.41) is 4.26. The Hall–Kier alpha value is -3.18. The van der Waals surface area contributed by atoms with Crippen LogP contribution in [-0.2, 0) is 14.2 Å². The zero-order valence-corrected chi connectivity index (χ0v) is 27.2. The van der Waals surface area contributed by atoms with E-state index in [4.69, 9.17) is 35.8 Å².